The molecular weight excluding hydrogens is 606 g/mol. The van der Waals surface area contributed by atoms with Gasteiger partial charge in [0.25, 0.3) is 0 Å². The first-order chi connectivity index (χ1) is 19.9. The van der Waals surface area contributed by atoms with Crippen molar-refractivity contribution in [2.24, 2.45) is 0 Å². The Morgan fingerprint density at radius 3 is 2.61 bits per heavy atom. The van der Waals surface area contributed by atoms with Crippen molar-refractivity contribution in [3.05, 3.63) is 91.2 Å². The van der Waals surface area contributed by atoms with Crippen LogP contribution in [0, 0.1) is 17.1 Å². The molecule has 2 aromatic heterocycles. The van der Waals surface area contributed by atoms with Crippen molar-refractivity contribution in [3.63, 3.8) is 0 Å². The molecule has 13 heteroatoms. The van der Waals surface area contributed by atoms with Crippen molar-refractivity contribution in [2.75, 3.05) is 23.7 Å². The molecular formula is C28H24Cl3FN8S. The van der Waals surface area contributed by atoms with Gasteiger partial charge in [-0.15, -0.1) is 16.9 Å². The summed E-state index contributed by atoms with van der Waals surface area (Å²) in [6.45, 7) is 1.95. The Balaban J connectivity index is 1.38. The fraction of sp³-hybridized carbons (Fsp3) is 0.214. The maximum atomic E-state index is 13.8. The lowest BCUT2D eigenvalue weighted by Gasteiger charge is -2.30. The van der Waals surface area contributed by atoms with E-state index in [2.05, 4.69) is 49.2 Å². The van der Waals surface area contributed by atoms with Crippen LogP contribution in [0.3, 0.4) is 0 Å². The number of pyridine rings is 1. The average molecular weight is 630 g/mol. The minimum Gasteiger partial charge on any atom is -0.372 e. The fourth-order valence-electron chi connectivity index (χ4n) is 5.00. The number of fused-ring (bicyclic) bond motifs is 1. The van der Waals surface area contributed by atoms with E-state index < -0.39 is 5.82 Å². The van der Waals surface area contributed by atoms with Crippen molar-refractivity contribution >= 4 is 74.1 Å². The summed E-state index contributed by atoms with van der Waals surface area (Å²) in [7, 11) is 0. The van der Waals surface area contributed by atoms with Crippen LogP contribution in [-0.4, -0.2) is 29.1 Å². The van der Waals surface area contributed by atoms with Crippen molar-refractivity contribution in [3.8, 4) is 6.07 Å². The smallest absolute Gasteiger partial charge is 0.141 e. The van der Waals surface area contributed by atoms with Crippen LogP contribution in [0.1, 0.15) is 29.3 Å². The van der Waals surface area contributed by atoms with E-state index in [1.165, 1.54) is 29.7 Å². The predicted molar refractivity (Wildman–Crippen MR) is 164 cm³/mol. The van der Waals surface area contributed by atoms with E-state index in [-0.39, 0.29) is 11.1 Å². The molecule has 0 spiro atoms. The molecule has 2 aromatic carbocycles. The molecule has 0 aliphatic carbocycles. The van der Waals surface area contributed by atoms with Gasteiger partial charge in [-0.25, -0.2) is 4.39 Å². The number of nitrogens with one attached hydrogen (secondary N) is 5. The molecule has 4 heterocycles. The van der Waals surface area contributed by atoms with Gasteiger partial charge in [0.1, 0.15) is 17.9 Å². The Bertz CT molecular complexity index is 1680. The van der Waals surface area contributed by atoms with E-state index in [1.807, 2.05) is 18.2 Å². The summed E-state index contributed by atoms with van der Waals surface area (Å²) < 4.78 is 14.5. The van der Waals surface area contributed by atoms with Crippen LogP contribution in [0.2, 0.25) is 14.4 Å². The zero-order chi connectivity index (χ0) is 28.5. The second kappa shape index (κ2) is 11.9. The summed E-state index contributed by atoms with van der Waals surface area (Å²) in [5, 5.41) is 23.2. The number of benzene rings is 2. The topological polar surface area (TPSA) is 100 Å². The van der Waals surface area contributed by atoms with E-state index in [9.17, 15) is 9.65 Å². The monoisotopic (exact) mass is 628 g/mol. The molecule has 41 heavy (non-hydrogen) atoms. The number of hydrogen-bond acceptors (Lipinski definition) is 9. The summed E-state index contributed by atoms with van der Waals surface area (Å²) in [5.41, 5.74) is 10.1. The molecule has 2 aliphatic heterocycles. The number of nitriles is 1. The molecule has 1 fully saturated rings. The predicted octanol–water partition coefficient (Wildman–Crippen LogP) is 7.08. The van der Waals surface area contributed by atoms with Gasteiger partial charge in [0.15, 0.2) is 0 Å². The highest BCUT2D eigenvalue weighted by molar-refractivity contribution is 7.16. The lowest BCUT2D eigenvalue weighted by molar-refractivity contribution is 0.162. The van der Waals surface area contributed by atoms with Crippen LogP contribution in [0.25, 0.3) is 10.9 Å². The third-order valence-corrected chi connectivity index (χ3v) is 8.92. The second-order valence-corrected chi connectivity index (χ2v) is 12.3. The van der Waals surface area contributed by atoms with E-state index in [1.54, 1.807) is 12.1 Å². The molecule has 1 atom stereocenters. The molecule has 0 amide bonds. The standard InChI is InChI=1S/C28H24Cl3FN8S/c29-20-10-16(1-2-22(20)32)36-26-15(12-33)13-35-27-19(26)9-17(11-21(27)30)37-28(24-3-4-25(31)41-24)23-14-40(39-38-23)18-5-7-34-8-6-18/h1-4,9-11,13-14,18,28,34,37-39H,5-8H2,(H,35,36)/t28-/m1/s1. The molecule has 0 radical (unpaired) electrons. The van der Waals surface area contributed by atoms with Gasteiger partial charge >= 0.3 is 0 Å². The number of piperidine rings is 1. The van der Waals surface area contributed by atoms with Crippen molar-refractivity contribution in [2.45, 2.75) is 24.9 Å². The molecule has 0 unspecified atom stereocenters. The van der Waals surface area contributed by atoms with Crippen LogP contribution in [-0.2, 0) is 0 Å². The second-order valence-electron chi connectivity index (χ2n) is 9.70. The summed E-state index contributed by atoms with van der Waals surface area (Å²) >= 11 is 20.6. The molecule has 8 nitrogen and oxygen atoms in total. The zero-order valence-corrected chi connectivity index (χ0v) is 24.5. The Kier molecular flexibility index (Phi) is 8.08. The molecule has 210 valence electrons. The number of aromatic nitrogens is 1. The lowest BCUT2D eigenvalue weighted by Crippen LogP contribution is -2.47. The van der Waals surface area contributed by atoms with Gasteiger partial charge in [-0.2, -0.15) is 5.26 Å². The SMILES string of the molecule is N#Cc1cnc2c(Cl)cc(N[C@H](C3=CN(C4CCNCC4)NN3)c3ccc(Cl)s3)cc2c1Nc1ccc(F)c(Cl)c1. The number of hydrazine groups is 2. The van der Waals surface area contributed by atoms with Gasteiger partial charge in [-0.05, 0) is 68.4 Å². The molecule has 0 saturated carbocycles. The summed E-state index contributed by atoms with van der Waals surface area (Å²) in [4.78, 5) is 5.44. The fourth-order valence-corrected chi connectivity index (χ4v) is 6.58. The van der Waals surface area contributed by atoms with E-state index >= 15 is 0 Å². The van der Waals surface area contributed by atoms with Gasteiger partial charge in [-0.1, -0.05) is 34.8 Å². The summed E-state index contributed by atoms with van der Waals surface area (Å²) in [5.74, 6) is -0.533. The number of rotatable bonds is 7. The van der Waals surface area contributed by atoms with Crippen molar-refractivity contribution < 1.29 is 4.39 Å². The van der Waals surface area contributed by atoms with Gasteiger partial charge < -0.3 is 21.4 Å². The van der Waals surface area contributed by atoms with Gasteiger partial charge in [-0.3, -0.25) is 9.99 Å². The Labute approximate surface area is 255 Å². The van der Waals surface area contributed by atoms with Gasteiger partial charge in [0.05, 0.1) is 36.8 Å². The minimum absolute atomic E-state index is 0.0332. The molecule has 5 N–H and O–H groups in total. The van der Waals surface area contributed by atoms with E-state index in [4.69, 9.17) is 34.8 Å². The Hall–Kier alpha value is -3.30. The normalized spacial score (nSPS) is 16.3. The number of nitrogens with zero attached hydrogens (tertiary/aromatic N) is 3. The first-order valence-corrected chi connectivity index (χ1v) is 14.8. The maximum Gasteiger partial charge on any atom is 0.141 e. The van der Waals surface area contributed by atoms with Gasteiger partial charge in [0.2, 0.25) is 0 Å². The van der Waals surface area contributed by atoms with Crippen LogP contribution in [0.5, 0.6) is 0 Å². The van der Waals surface area contributed by atoms with E-state index in [0.29, 0.717) is 48.9 Å². The summed E-state index contributed by atoms with van der Waals surface area (Å²) in [6, 6.07) is 14.1. The Morgan fingerprint density at radius 1 is 1.07 bits per heavy atom. The molecule has 6 rings (SSSR count). The van der Waals surface area contributed by atoms with Crippen molar-refractivity contribution in [1.29, 1.82) is 5.26 Å². The molecule has 0 bridgehead atoms. The Morgan fingerprint density at radius 2 is 1.88 bits per heavy atom. The van der Waals surface area contributed by atoms with Crippen LogP contribution in [0.4, 0.5) is 21.5 Å². The molecule has 2 aliphatic rings. The van der Waals surface area contributed by atoms with Crippen LogP contribution < -0.4 is 26.9 Å². The third kappa shape index (κ3) is 5.88. The van der Waals surface area contributed by atoms with Crippen LogP contribution >= 0.6 is 46.1 Å². The minimum atomic E-state index is -0.533. The third-order valence-electron chi connectivity index (χ3n) is 7.04. The number of halogens is 4. The van der Waals surface area contributed by atoms with E-state index in [0.717, 1.165) is 36.5 Å². The van der Waals surface area contributed by atoms with Crippen LogP contribution in [0.15, 0.2) is 60.6 Å². The zero-order valence-electron chi connectivity index (χ0n) is 21.4. The maximum absolute atomic E-state index is 13.8. The highest BCUT2D eigenvalue weighted by atomic mass is 35.5. The highest BCUT2D eigenvalue weighted by Gasteiger charge is 2.28. The number of hydrogen-bond donors (Lipinski definition) is 5. The lowest BCUT2D eigenvalue weighted by atomic mass is 10.1. The van der Waals surface area contributed by atoms with Crippen molar-refractivity contribution in [1.82, 2.24) is 26.3 Å². The number of thiophene rings is 1. The molecule has 1 saturated heterocycles. The quantitative estimate of drug-likeness (QED) is 0.148. The molecule has 4 aromatic rings. The average Bonchev–Trinajstić information content (AvgIpc) is 3.64. The first kappa shape index (κ1) is 27.8. The number of anilines is 3. The summed E-state index contributed by atoms with van der Waals surface area (Å²) in [6.07, 6.45) is 5.61. The largest absolute Gasteiger partial charge is 0.372 e. The highest BCUT2D eigenvalue weighted by Crippen LogP contribution is 2.39. The first-order valence-electron chi connectivity index (χ1n) is 12.9. The van der Waals surface area contributed by atoms with Gasteiger partial charge in [0, 0.05) is 40.1 Å².